The summed E-state index contributed by atoms with van der Waals surface area (Å²) in [5.41, 5.74) is 0. The molecule has 11 heavy (non-hydrogen) atoms. The normalized spacial score (nSPS) is 26.2. The number of rotatable bonds is 4. The maximum absolute atomic E-state index is 2.64. The second-order valence-electron chi connectivity index (χ2n) is 2.98. The third kappa shape index (κ3) is 3.11. The van der Waals surface area contributed by atoms with Crippen LogP contribution in [-0.4, -0.2) is 40.5 Å². The number of hydrogen-bond acceptors (Lipinski definition) is 2. The van der Waals surface area contributed by atoms with Crippen molar-refractivity contribution in [1.82, 2.24) is 4.90 Å². The summed E-state index contributed by atoms with van der Waals surface area (Å²) in [5.74, 6) is 1.33. The first-order valence-corrected chi connectivity index (χ1v) is 7.09. The Bertz CT molecular complexity index is 98.3. The van der Waals surface area contributed by atoms with E-state index in [0.717, 1.165) is 6.04 Å². The maximum Gasteiger partial charge on any atom is 0.0187 e. The molecule has 1 aliphatic heterocycles. The summed E-state index contributed by atoms with van der Waals surface area (Å²) in [7, 11) is 0. The number of hydrogen-bond donors (Lipinski definition) is 0. The minimum atomic E-state index is 0.889. The van der Waals surface area contributed by atoms with Gasteiger partial charge in [0.2, 0.25) is 0 Å². The molecule has 1 atom stereocenters. The van der Waals surface area contributed by atoms with Gasteiger partial charge < -0.3 is 0 Å². The summed E-state index contributed by atoms with van der Waals surface area (Å²) < 4.78 is 1.28. The van der Waals surface area contributed by atoms with Crippen molar-refractivity contribution < 1.29 is 0 Å². The molecule has 1 rings (SSSR count). The van der Waals surface area contributed by atoms with Crippen LogP contribution in [-0.2, 0) is 0 Å². The van der Waals surface area contributed by atoms with Crippen molar-refractivity contribution in [2.24, 2.45) is 0 Å². The van der Waals surface area contributed by atoms with Gasteiger partial charge in [0.05, 0.1) is 0 Å². The minimum absolute atomic E-state index is 0.889. The Morgan fingerprint density at radius 1 is 1.64 bits per heavy atom. The second kappa shape index (κ2) is 5.65. The van der Waals surface area contributed by atoms with Crippen LogP contribution in [0.3, 0.4) is 0 Å². The zero-order chi connectivity index (χ0) is 8.10. The van der Waals surface area contributed by atoms with E-state index < -0.39 is 0 Å². The lowest BCUT2D eigenvalue weighted by molar-refractivity contribution is 0.291. The SMILES string of the molecule is CSCC1CCCN1CCI. The average molecular weight is 285 g/mol. The Morgan fingerprint density at radius 2 is 2.45 bits per heavy atom. The second-order valence-corrected chi connectivity index (χ2v) is 4.97. The van der Waals surface area contributed by atoms with Gasteiger partial charge in [0.15, 0.2) is 0 Å². The minimum Gasteiger partial charge on any atom is -0.299 e. The lowest BCUT2D eigenvalue weighted by Gasteiger charge is -2.22. The summed E-state index contributed by atoms with van der Waals surface area (Å²) in [6, 6.07) is 0.889. The van der Waals surface area contributed by atoms with Crippen molar-refractivity contribution in [1.29, 1.82) is 0 Å². The van der Waals surface area contributed by atoms with E-state index >= 15 is 0 Å². The van der Waals surface area contributed by atoms with Crippen LogP contribution in [0.2, 0.25) is 0 Å². The number of thioether (sulfide) groups is 1. The molecule has 0 spiro atoms. The summed E-state index contributed by atoms with van der Waals surface area (Å²) in [6.45, 7) is 2.64. The van der Waals surface area contributed by atoms with Crippen molar-refractivity contribution in [2.75, 3.05) is 29.5 Å². The molecule has 0 aromatic rings. The largest absolute Gasteiger partial charge is 0.299 e. The predicted octanol–water partition coefficient (Wildman–Crippen LogP) is 2.25. The predicted molar refractivity (Wildman–Crippen MR) is 61.9 cm³/mol. The molecule has 0 amide bonds. The van der Waals surface area contributed by atoms with E-state index in [1.807, 2.05) is 11.8 Å². The Kier molecular flexibility index (Phi) is 5.20. The summed E-state index contributed by atoms with van der Waals surface area (Å²) in [5, 5.41) is 0. The molecule has 0 aromatic carbocycles. The fraction of sp³-hybridized carbons (Fsp3) is 1.00. The van der Waals surface area contributed by atoms with Crippen molar-refractivity contribution >= 4 is 34.4 Å². The van der Waals surface area contributed by atoms with Gasteiger partial charge in [0.1, 0.15) is 0 Å². The number of alkyl halides is 1. The topological polar surface area (TPSA) is 3.24 Å². The van der Waals surface area contributed by atoms with Crippen LogP contribution in [0.25, 0.3) is 0 Å². The molecule has 0 saturated carbocycles. The lowest BCUT2D eigenvalue weighted by Crippen LogP contribution is -2.32. The van der Waals surface area contributed by atoms with Gasteiger partial charge in [0, 0.05) is 22.8 Å². The quantitative estimate of drug-likeness (QED) is 0.576. The van der Waals surface area contributed by atoms with E-state index in [2.05, 4.69) is 33.7 Å². The zero-order valence-corrected chi connectivity index (χ0v) is 10.0. The fourth-order valence-corrected chi connectivity index (χ4v) is 3.06. The highest BCUT2D eigenvalue weighted by molar-refractivity contribution is 14.1. The molecule has 1 fully saturated rings. The van der Waals surface area contributed by atoms with Crippen LogP contribution in [0.15, 0.2) is 0 Å². The van der Waals surface area contributed by atoms with E-state index in [1.165, 1.54) is 36.1 Å². The summed E-state index contributed by atoms with van der Waals surface area (Å²) in [6.07, 6.45) is 5.06. The van der Waals surface area contributed by atoms with Gasteiger partial charge in [-0.3, -0.25) is 4.90 Å². The van der Waals surface area contributed by atoms with Crippen LogP contribution in [0, 0.1) is 0 Å². The molecule has 0 aliphatic carbocycles. The molecule has 0 radical (unpaired) electrons. The van der Waals surface area contributed by atoms with Crippen LogP contribution < -0.4 is 0 Å². The van der Waals surface area contributed by atoms with Gasteiger partial charge in [-0.2, -0.15) is 11.8 Å². The van der Waals surface area contributed by atoms with Gasteiger partial charge in [-0.25, -0.2) is 0 Å². The molecular formula is C8H16INS. The van der Waals surface area contributed by atoms with E-state index in [4.69, 9.17) is 0 Å². The first-order chi connectivity index (χ1) is 5.38. The Morgan fingerprint density at radius 3 is 3.09 bits per heavy atom. The molecule has 0 aromatic heterocycles. The Balaban J connectivity index is 2.25. The molecule has 66 valence electrons. The standard InChI is InChI=1S/C8H16INS/c1-11-7-8-3-2-5-10(8)6-4-9/h8H,2-7H2,1H3. The van der Waals surface area contributed by atoms with Gasteiger partial charge in [-0.1, -0.05) is 22.6 Å². The number of nitrogens with zero attached hydrogens (tertiary/aromatic N) is 1. The molecule has 0 N–H and O–H groups in total. The van der Waals surface area contributed by atoms with Crippen LogP contribution in [0.1, 0.15) is 12.8 Å². The lowest BCUT2D eigenvalue weighted by atomic mass is 10.2. The molecule has 1 nitrogen and oxygen atoms in total. The summed E-state index contributed by atoms with van der Waals surface area (Å²) in [4.78, 5) is 2.64. The Hall–Kier alpha value is 1.04. The van der Waals surface area contributed by atoms with Crippen molar-refractivity contribution in [3.05, 3.63) is 0 Å². The van der Waals surface area contributed by atoms with E-state index in [9.17, 15) is 0 Å². The highest BCUT2D eigenvalue weighted by atomic mass is 127. The van der Waals surface area contributed by atoms with Crippen LogP contribution in [0.5, 0.6) is 0 Å². The Labute approximate surface area is 87.4 Å². The molecule has 1 aliphatic rings. The monoisotopic (exact) mass is 285 g/mol. The van der Waals surface area contributed by atoms with Crippen LogP contribution >= 0.6 is 34.4 Å². The maximum atomic E-state index is 2.64. The average Bonchev–Trinajstić information content (AvgIpc) is 2.39. The number of likely N-dealkylation sites (tertiary alicyclic amines) is 1. The molecular weight excluding hydrogens is 269 g/mol. The molecule has 1 unspecified atom stereocenters. The van der Waals surface area contributed by atoms with Crippen molar-refractivity contribution in [2.45, 2.75) is 18.9 Å². The van der Waals surface area contributed by atoms with Gasteiger partial charge in [0.25, 0.3) is 0 Å². The summed E-state index contributed by atoms with van der Waals surface area (Å²) >= 11 is 4.45. The molecule has 1 heterocycles. The van der Waals surface area contributed by atoms with Gasteiger partial charge in [-0.05, 0) is 25.6 Å². The molecule has 1 saturated heterocycles. The van der Waals surface area contributed by atoms with Gasteiger partial charge >= 0.3 is 0 Å². The van der Waals surface area contributed by atoms with Crippen molar-refractivity contribution in [3.8, 4) is 0 Å². The van der Waals surface area contributed by atoms with E-state index in [0.29, 0.717) is 0 Å². The zero-order valence-electron chi connectivity index (χ0n) is 7.05. The van der Waals surface area contributed by atoms with Crippen LogP contribution in [0.4, 0.5) is 0 Å². The first kappa shape index (κ1) is 10.1. The fourth-order valence-electron chi connectivity index (χ4n) is 1.68. The third-order valence-corrected chi connectivity index (χ3v) is 3.43. The van der Waals surface area contributed by atoms with E-state index in [-0.39, 0.29) is 0 Å². The first-order valence-electron chi connectivity index (χ1n) is 4.17. The van der Waals surface area contributed by atoms with Crippen molar-refractivity contribution in [3.63, 3.8) is 0 Å². The highest BCUT2D eigenvalue weighted by Gasteiger charge is 2.22. The van der Waals surface area contributed by atoms with Gasteiger partial charge in [-0.15, -0.1) is 0 Å². The third-order valence-electron chi connectivity index (χ3n) is 2.23. The highest BCUT2D eigenvalue weighted by Crippen LogP contribution is 2.19. The van der Waals surface area contributed by atoms with E-state index in [1.54, 1.807) is 0 Å². The molecule has 0 bridgehead atoms. The number of halogens is 1. The molecule has 3 heteroatoms. The smallest absolute Gasteiger partial charge is 0.0187 e.